The van der Waals surface area contributed by atoms with Crippen LogP contribution >= 0.6 is 23.2 Å². The van der Waals surface area contributed by atoms with Crippen LogP contribution in [0.2, 0.25) is 10.0 Å². The van der Waals surface area contributed by atoms with Gasteiger partial charge in [-0.3, -0.25) is 19.5 Å². The number of ether oxygens (including phenoxy) is 1. The molecule has 2 heterocycles. The van der Waals surface area contributed by atoms with Gasteiger partial charge in [-0.15, -0.1) is 0 Å². The number of imidazole rings is 1. The lowest BCUT2D eigenvalue weighted by Crippen LogP contribution is -2.42. The van der Waals surface area contributed by atoms with Gasteiger partial charge >= 0.3 is 0 Å². The molecule has 0 saturated carbocycles. The highest BCUT2D eigenvalue weighted by molar-refractivity contribution is 6.33. The Hall–Kier alpha value is -3.65. The molecule has 9 heteroatoms. The summed E-state index contributed by atoms with van der Waals surface area (Å²) in [6.45, 7) is 4.84. The molecule has 1 unspecified atom stereocenters. The van der Waals surface area contributed by atoms with Gasteiger partial charge in [-0.05, 0) is 74.2 Å². The second-order valence-corrected chi connectivity index (χ2v) is 10.8. The van der Waals surface area contributed by atoms with Crippen molar-refractivity contribution in [3.05, 3.63) is 99.7 Å². The predicted octanol–water partition coefficient (Wildman–Crippen LogP) is 6.72. The summed E-state index contributed by atoms with van der Waals surface area (Å²) < 4.78 is 7.62. The molecule has 2 amide bonds. The van der Waals surface area contributed by atoms with Crippen LogP contribution in [0, 0.1) is 13.8 Å². The molecular formula is C31H30Cl2N4O3. The lowest BCUT2D eigenvalue weighted by atomic mass is 10.1. The normalized spacial score (nSPS) is 14.8. The quantitative estimate of drug-likeness (QED) is 0.252. The van der Waals surface area contributed by atoms with Gasteiger partial charge in [-0.2, -0.15) is 0 Å². The number of aromatic nitrogens is 2. The fraction of sp³-hybridized carbons (Fsp3) is 0.258. The molecule has 40 heavy (non-hydrogen) atoms. The average Bonchev–Trinajstić information content (AvgIpc) is 3.60. The van der Waals surface area contributed by atoms with Crippen LogP contribution in [0.3, 0.4) is 0 Å². The number of carbonyl (C=O) groups is 2. The molecule has 3 aromatic carbocycles. The van der Waals surface area contributed by atoms with Crippen molar-refractivity contribution in [3.8, 4) is 16.9 Å². The molecule has 0 bridgehead atoms. The molecule has 1 N–H and O–H groups in total. The molecule has 5 rings (SSSR count). The maximum absolute atomic E-state index is 13.5. The zero-order valence-corrected chi connectivity index (χ0v) is 23.9. The second-order valence-electron chi connectivity index (χ2n) is 9.94. The number of aryl methyl sites for hydroxylation is 2. The van der Waals surface area contributed by atoms with Crippen molar-refractivity contribution in [2.75, 3.05) is 25.0 Å². The Labute approximate surface area is 243 Å². The van der Waals surface area contributed by atoms with E-state index in [1.165, 1.54) is 4.90 Å². The van der Waals surface area contributed by atoms with E-state index in [1.54, 1.807) is 36.4 Å². The van der Waals surface area contributed by atoms with Crippen LogP contribution in [0.25, 0.3) is 16.9 Å². The van der Waals surface area contributed by atoms with Crippen LogP contribution in [-0.4, -0.2) is 52.1 Å². The van der Waals surface area contributed by atoms with Crippen LogP contribution in [0.15, 0.2) is 72.9 Å². The first kappa shape index (κ1) is 27.9. The van der Waals surface area contributed by atoms with Gasteiger partial charge < -0.3 is 9.64 Å². The zero-order chi connectivity index (χ0) is 28.2. The number of rotatable bonds is 8. The van der Waals surface area contributed by atoms with E-state index in [4.69, 9.17) is 32.9 Å². The SMILES string of the molecule is Cc1ccc(-n2cc(-c3ccc(Cl)cc3)nc2NC(=O)CN(CC2CCCO2)C(=O)c2ccccc2Cl)cc1C. The van der Waals surface area contributed by atoms with Crippen LogP contribution in [0.5, 0.6) is 0 Å². The minimum atomic E-state index is -0.378. The summed E-state index contributed by atoms with van der Waals surface area (Å²) in [5.41, 5.74) is 5.01. The maximum atomic E-state index is 13.5. The summed E-state index contributed by atoms with van der Waals surface area (Å²) in [6, 6.07) is 20.3. The molecule has 1 saturated heterocycles. The first-order valence-corrected chi connectivity index (χ1v) is 13.9. The number of anilines is 1. The Kier molecular flexibility index (Phi) is 8.54. The number of hydrogen-bond acceptors (Lipinski definition) is 4. The van der Waals surface area contributed by atoms with Gasteiger partial charge in [0.1, 0.15) is 6.54 Å². The molecule has 0 spiro atoms. The molecule has 4 aromatic rings. The third kappa shape index (κ3) is 6.39. The summed E-state index contributed by atoms with van der Waals surface area (Å²) in [4.78, 5) is 33.2. The molecule has 1 aliphatic heterocycles. The number of nitrogens with one attached hydrogen (secondary N) is 1. The largest absolute Gasteiger partial charge is 0.376 e. The minimum absolute atomic E-state index is 0.131. The van der Waals surface area contributed by atoms with Crippen LogP contribution in [0.4, 0.5) is 5.95 Å². The van der Waals surface area contributed by atoms with Crippen molar-refractivity contribution in [2.45, 2.75) is 32.8 Å². The van der Waals surface area contributed by atoms with Crippen molar-refractivity contribution in [1.29, 1.82) is 0 Å². The molecular weight excluding hydrogens is 547 g/mol. The Balaban J connectivity index is 1.44. The summed E-state index contributed by atoms with van der Waals surface area (Å²) >= 11 is 12.4. The number of hydrogen-bond donors (Lipinski definition) is 1. The van der Waals surface area contributed by atoms with Gasteiger partial charge in [-0.25, -0.2) is 4.98 Å². The number of halogens is 2. The third-order valence-corrected chi connectivity index (χ3v) is 7.62. The van der Waals surface area contributed by atoms with E-state index >= 15 is 0 Å². The lowest BCUT2D eigenvalue weighted by molar-refractivity contribution is -0.117. The van der Waals surface area contributed by atoms with Gasteiger partial charge in [0.2, 0.25) is 11.9 Å². The van der Waals surface area contributed by atoms with E-state index in [-0.39, 0.29) is 24.5 Å². The molecule has 206 valence electrons. The molecule has 0 aliphatic carbocycles. The Bertz CT molecular complexity index is 1530. The fourth-order valence-electron chi connectivity index (χ4n) is 4.70. The van der Waals surface area contributed by atoms with Crippen LogP contribution in [0.1, 0.15) is 34.3 Å². The highest BCUT2D eigenvalue weighted by Gasteiger charge is 2.27. The highest BCUT2D eigenvalue weighted by atomic mass is 35.5. The summed E-state index contributed by atoms with van der Waals surface area (Å²) in [7, 11) is 0. The summed E-state index contributed by atoms with van der Waals surface area (Å²) in [5.74, 6) is -0.354. The van der Waals surface area contributed by atoms with Crippen LogP contribution < -0.4 is 5.32 Å². The molecule has 1 atom stereocenters. The first-order valence-electron chi connectivity index (χ1n) is 13.2. The van der Waals surface area contributed by atoms with Crippen LogP contribution in [-0.2, 0) is 9.53 Å². The van der Waals surface area contributed by atoms with E-state index in [0.717, 1.165) is 35.2 Å². The lowest BCUT2D eigenvalue weighted by Gasteiger charge is -2.25. The summed E-state index contributed by atoms with van der Waals surface area (Å²) in [5, 5.41) is 3.90. The molecule has 1 aromatic heterocycles. The van der Waals surface area contributed by atoms with E-state index in [9.17, 15) is 9.59 Å². The molecule has 1 fully saturated rings. The molecule has 0 radical (unpaired) electrons. The topological polar surface area (TPSA) is 76.5 Å². The van der Waals surface area contributed by atoms with Crippen molar-refractivity contribution in [3.63, 3.8) is 0 Å². The number of carbonyl (C=O) groups excluding carboxylic acids is 2. The van der Waals surface area contributed by atoms with Gasteiger partial charge in [0.05, 0.1) is 22.4 Å². The standard InChI is InChI=1S/C31H30Cl2N4O3/c1-20-9-14-24(16-21(20)2)37-18-28(22-10-12-23(32)13-11-22)34-31(37)35-29(38)19-36(17-25-6-5-15-40-25)30(39)26-7-3-4-8-27(26)33/h3-4,7-14,16,18,25H,5-6,15,17,19H2,1-2H3,(H,34,35,38). The van der Waals surface area contributed by atoms with E-state index in [2.05, 4.69) is 5.32 Å². The molecule has 7 nitrogen and oxygen atoms in total. The third-order valence-electron chi connectivity index (χ3n) is 7.04. The predicted molar refractivity (Wildman–Crippen MR) is 158 cm³/mol. The monoisotopic (exact) mass is 576 g/mol. The molecule has 1 aliphatic rings. The van der Waals surface area contributed by atoms with Gasteiger partial charge in [0, 0.05) is 35.6 Å². The number of benzene rings is 3. The Morgan fingerprint density at radius 1 is 1.05 bits per heavy atom. The zero-order valence-electron chi connectivity index (χ0n) is 22.4. The average molecular weight is 578 g/mol. The Morgan fingerprint density at radius 3 is 2.52 bits per heavy atom. The van der Waals surface area contributed by atoms with Crippen molar-refractivity contribution >= 4 is 41.0 Å². The maximum Gasteiger partial charge on any atom is 0.255 e. The van der Waals surface area contributed by atoms with Gasteiger partial charge in [-0.1, -0.05) is 53.5 Å². The number of nitrogens with zero attached hydrogens (tertiary/aromatic N) is 3. The smallest absolute Gasteiger partial charge is 0.255 e. The van der Waals surface area contributed by atoms with E-state index in [0.29, 0.717) is 40.4 Å². The van der Waals surface area contributed by atoms with Crippen molar-refractivity contribution in [2.24, 2.45) is 0 Å². The van der Waals surface area contributed by atoms with Gasteiger partial charge in [0.25, 0.3) is 5.91 Å². The second kappa shape index (κ2) is 12.3. The van der Waals surface area contributed by atoms with Crippen molar-refractivity contribution in [1.82, 2.24) is 14.5 Å². The summed E-state index contributed by atoms with van der Waals surface area (Å²) in [6.07, 6.45) is 3.50. The van der Waals surface area contributed by atoms with E-state index in [1.807, 2.05) is 54.9 Å². The van der Waals surface area contributed by atoms with Gasteiger partial charge in [0.15, 0.2) is 0 Å². The first-order chi connectivity index (χ1) is 19.3. The Morgan fingerprint density at radius 2 is 1.82 bits per heavy atom. The van der Waals surface area contributed by atoms with E-state index < -0.39 is 0 Å². The highest BCUT2D eigenvalue weighted by Crippen LogP contribution is 2.27. The minimum Gasteiger partial charge on any atom is -0.376 e. The van der Waals surface area contributed by atoms with Crippen molar-refractivity contribution < 1.29 is 14.3 Å². The fourth-order valence-corrected chi connectivity index (χ4v) is 5.04. The number of amides is 2.